The largest absolute Gasteiger partial charge is 0.302 e. The number of aromatic nitrogens is 2. The number of fused-ring (bicyclic) bond motifs is 1. The van der Waals surface area contributed by atoms with Gasteiger partial charge in [0.1, 0.15) is 5.03 Å². The SMILES string of the molecule is CSc1nc2c(Br)cccn2c1C. The molecule has 4 heteroatoms. The second kappa shape index (κ2) is 3.35. The highest BCUT2D eigenvalue weighted by atomic mass is 79.9. The zero-order valence-electron chi connectivity index (χ0n) is 7.41. The zero-order valence-corrected chi connectivity index (χ0v) is 9.82. The van der Waals surface area contributed by atoms with Crippen molar-refractivity contribution in [3.05, 3.63) is 28.5 Å². The van der Waals surface area contributed by atoms with Crippen LogP contribution >= 0.6 is 27.7 Å². The van der Waals surface area contributed by atoms with E-state index in [0.29, 0.717) is 0 Å². The van der Waals surface area contributed by atoms with Gasteiger partial charge in [-0.2, -0.15) is 0 Å². The van der Waals surface area contributed by atoms with Gasteiger partial charge < -0.3 is 4.40 Å². The number of thioether (sulfide) groups is 1. The topological polar surface area (TPSA) is 17.3 Å². The molecule has 0 atom stereocenters. The zero-order chi connectivity index (χ0) is 9.42. The summed E-state index contributed by atoms with van der Waals surface area (Å²) >= 11 is 5.16. The van der Waals surface area contributed by atoms with E-state index in [4.69, 9.17) is 0 Å². The van der Waals surface area contributed by atoms with E-state index in [1.54, 1.807) is 11.8 Å². The van der Waals surface area contributed by atoms with Crippen molar-refractivity contribution in [2.24, 2.45) is 0 Å². The van der Waals surface area contributed by atoms with E-state index >= 15 is 0 Å². The summed E-state index contributed by atoms with van der Waals surface area (Å²) in [6, 6.07) is 4.02. The van der Waals surface area contributed by atoms with Crippen molar-refractivity contribution in [2.75, 3.05) is 6.26 Å². The summed E-state index contributed by atoms with van der Waals surface area (Å²) in [6.45, 7) is 2.08. The molecule has 0 aliphatic rings. The molecule has 2 aromatic rings. The molecule has 0 spiro atoms. The molecule has 2 nitrogen and oxygen atoms in total. The summed E-state index contributed by atoms with van der Waals surface area (Å²) in [5, 5.41) is 1.09. The summed E-state index contributed by atoms with van der Waals surface area (Å²) < 4.78 is 3.13. The van der Waals surface area contributed by atoms with E-state index in [1.807, 2.05) is 24.6 Å². The van der Waals surface area contributed by atoms with Gasteiger partial charge in [-0.15, -0.1) is 11.8 Å². The molecular formula is C9H9BrN2S. The van der Waals surface area contributed by atoms with Gasteiger partial charge in [0.05, 0.1) is 10.2 Å². The summed E-state index contributed by atoms with van der Waals surface area (Å²) in [5.41, 5.74) is 2.19. The number of aryl methyl sites for hydroxylation is 1. The smallest absolute Gasteiger partial charge is 0.152 e. The first kappa shape index (κ1) is 9.09. The number of halogens is 1. The minimum atomic E-state index is 0.990. The average molecular weight is 257 g/mol. The van der Waals surface area contributed by atoms with Crippen molar-refractivity contribution >= 4 is 33.3 Å². The van der Waals surface area contributed by atoms with E-state index < -0.39 is 0 Å². The summed E-state index contributed by atoms with van der Waals surface area (Å²) in [7, 11) is 0. The molecule has 0 aliphatic carbocycles. The van der Waals surface area contributed by atoms with Crippen LogP contribution < -0.4 is 0 Å². The van der Waals surface area contributed by atoms with Crippen LogP contribution in [0.5, 0.6) is 0 Å². The molecule has 2 aromatic heterocycles. The molecule has 2 heterocycles. The fourth-order valence-electron chi connectivity index (χ4n) is 1.33. The maximum atomic E-state index is 4.51. The van der Waals surface area contributed by atoms with Crippen molar-refractivity contribution in [1.82, 2.24) is 9.38 Å². The van der Waals surface area contributed by atoms with Gasteiger partial charge in [0, 0.05) is 6.20 Å². The lowest BCUT2D eigenvalue weighted by Gasteiger charge is -1.96. The fourth-order valence-corrected chi connectivity index (χ4v) is 2.33. The van der Waals surface area contributed by atoms with Crippen LogP contribution in [-0.4, -0.2) is 15.6 Å². The molecule has 0 radical (unpaired) electrons. The van der Waals surface area contributed by atoms with Gasteiger partial charge in [0.2, 0.25) is 0 Å². The highest BCUT2D eigenvalue weighted by Crippen LogP contribution is 2.24. The van der Waals surface area contributed by atoms with Crippen molar-refractivity contribution in [2.45, 2.75) is 11.9 Å². The third-order valence-corrected chi connectivity index (χ3v) is 3.38. The number of pyridine rings is 1. The Kier molecular flexibility index (Phi) is 2.34. The van der Waals surface area contributed by atoms with Crippen molar-refractivity contribution < 1.29 is 0 Å². The van der Waals surface area contributed by atoms with Crippen molar-refractivity contribution in [1.29, 1.82) is 0 Å². The monoisotopic (exact) mass is 256 g/mol. The van der Waals surface area contributed by atoms with Crippen LogP contribution in [0.1, 0.15) is 5.69 Å². The summed E-state index contributed by atoms with van der Waals surface area (Å²) in [4.78, 5) is 4.51. The average Bonchev–Trinajstić information content (AvgIpc) is 2.45. The molecule has 0 aliphatic heterocycles. The Balaban J connectivity index is 2.83. The highest BCUT2D eigenvalue weighted by molar-refractivity contribution is 9.10. The van der Waals surface area contributed by atoms with Crippen LogP contribution in [0, 0.1) is 6.92 Å². The molecule has 0 unspecified atom stereocenters. The molecule has 0 N–H and O–H groups in total. The predicted octanol–water partition coefficient (Wildman–Crippen LogP) is 3.13. The summed E-state index contributed by atoms with van der Waals surface area (Å²) in [5.74, 6) is 0. The maximum Gasteiger partial charge on any atom is 0.152 e. The molecule has 0 bridgehead atoms. The van der Waals surface area contributed by atoms with Gasteiger partial charge in [-0.25, -0.2) is 4.98 Å². The van der Waals surface area contributed by atoms with E-state index in [2.05, 4.69) is 32.2 Å². The van der Waals surface area contributed by atoms with Gasteiger partial charge in [0.15, 0.2) is 5.65 Å². The van der Waals surface area contributed by atoms with Gasteiger partial charge in [-0.3, -0.25) is 0 Å². The van der Waals surface area contributed by atoms with Gasteiger partial charge in [-0.05, 0) is 41.2 Å². The Bertz CT molecular complexity index is 450. The van der Waals surface area contributed by atoms with Crippen LogP contribution in [0.25, 0.3) is 5.65 Å². The highest BCUT2D eigenvalue weighted by Gasteiger charge is 2.08. The number of hydrogen-bond donors (Lipinski definition) is 0. The van der Waals surface area contributed by atoms with Gasteiger partial charge in [0.25, 0.3) is 0 Å². The third kappa shape index (κ3) is 1.38. The lowest BCUT2D eigenvalue weighted by atomic mass is 10.4. The standard InChI is InChI=1S/C9H9BrN2S/c1-6-9(13-2)11-8-7(10)4-3-5-12(6)8/h3-5H,1-2H3. The number of imidazole rings is 1. The maximum absolute atomic E-state index is 4.51. The Morgan fingerprint density at radius 1 is 1.54 bits per heavy atom. The first-order chi connectivity index (χ1) is 6.24. The second-order valence-electron chi connectivity index (χ2n) is 2.76. The molecule has 0 aromatic carbocycles. The Hall–Kier alpha value is -0.480. The molecule has 2 rings (SSSR count). The number of nitrogens with zero attached hydrogens (tertiary/aromatic N) is 2. The van der Waals surface area contributed by atoms with E-state index in [0.717, 1.165) is 15.1 Å². The van der Waals surface area contributed by atoms with E-state index in [9.17, 15) is 0 Å². The second-order valence-corrected chi connectivity index (χ2v) is 4.41. The fraction of sp³-hybridized carbons (Fsp3) is 0.222. The first-order valence-electron chi connectivity index (χ1n) is 3.91. The third-order valence-electron chi connectivity index (χ3n) is 1.99. The predicted molar refractivity (Wildman–Crippen MR) is 59.4 cm³/mol. The van der Waals surface area contributed by atoms with Crippen LogP contribution in [0.2, 0.25) is 0 Å². The van der Waals surface area contributed by atoms with Crippen LogP contribution in [-0.2, 0) is 0 Å². The molecule has 0 saturated heterocycles. The Labute approximate surface area is 89.5 Å². The molecule has 0 amide bonds. The minimum absolute atomic E-state index is 0.990. The van der Waals surface area contributed by atoms with E-state index in [-0.39, 0.29) is 0 Å². The normalized spacial score (nSPS) is 11.0. The minimum Gasteiger partial charge on any atom is -0.302 e. The number of hydrogen-bond acceptors (Lipinski definition) is 2. The number of rotatable bonds is 1. The molecular weight excluding hydrogens is 248 g/mol. The Morgan fingerprint density at radius 2 is 2.31 bits per heavy atom. The Morgan fingerprint density at radius 3 is 2.92 bits per heavy atom. The molecule has 0 saturated carbocycles. The molecule has 68 valence electrons. The van der Waals surface area contributed by atoms with Crippen LogP contribution in [0.3, 0.4) is 0 Å². The lowest BCUT2D eigenvalue weighted by molar-refractivity contribution is 1.07. The van der Waals surface area contributed by atoms with Crippen molar-refractivity contribution in [3.63, 3.8) is 0 Å². The van der Waals surface area contributed by atoms with Gasteiger partial charge in [-0.1, -0.05) is 0 Å². The van der Waals surface area contributed by atoms with Gasteiger partial charge >= 0.3 is 0 Å². The lowest BCUT2D eigenvalue weighted by Crippen LogP contribution is -1.86. The molecule has 13 heavy (non-hydrogen) atoms. The quantitative estimate of drug-likeness (QED) is 0.730. The van der Waals surface area contributed by atoms with Crippen LogP contribution in [0.15, 0.2) is 27.8 Å². The molecule has 0 fully saturated rings. The van der Waals surface area contributed by atoms with E-state index in [1.165, 1.54) is 5.69 Å². The van der Waals surface area contributed by atoms with Crippen LogP contribution in [0.4, 0.5) is 0 Å². The van der Waals surface area contributed by atoms with Crippen molar-refractivity contribution in [3.8, 4) is 0 Å². The summed E-state index contributed by atoms with van der Waals surface area (Å²) in [6.07, 6.45) is 4.07. The first-order valence-corrected chi connectivity index (χ1v) is 5.93.